The minimum Gasteiger partial charge on any atom is -0.371 e. The molecule has 21 heteroatoms. The molecule has 6 aliphatic rings. The summed E-state index contributed by atoms with van der Waals surface area (Å²) in [4.78, 5) is 84.5. The monoisotopic (exact) mass is 950 g/mol. The minimum absolute atomic E-state index is 0.0998. The molecule has 70 heavy (non-hydrogen) atoms. The molecule has 3 N–H and O–H groups in total. The number of anilines is 4. The number of hydrogen-bond donors (Lipinski definition) is 3. The van der Waals surface area contributed by atoms with Crippen molar-refractivity contribution in [3.05, 3.63) is 77.1 Å². The molecule has 364 valence electrons. The van der Waals surface area contributed by atoms with Crippen LogP contribution in [0.15, 0.2) is 66.0 Å². The molecule has 21 nitrogen and oxygen atoms in total. The van der Waals surface area contributed by atoms with Crippen LogP contribution in [0, 0.1) is 5.92 Å². The SMILES string of the molecule is CC1=C(C(=O)Nc2ccc3[nH]nc(-c4ccnc(N5CCN(CCN6CCN(CC7CCN(c8ccc9c(c8)C(=O)N(C8CCC(=O)NC8=O)C9=O)CC7)CC6)CC5)c4)c3c2)[C@H](C)n2nnnc2N1C. The van der Waals surface area contributed by atoms with Crippen molar-refractivity contribution in [2.75, 3.05) is 112 Å². The molecule has 0 spiro atoms. The van der Waals surface area contributed by atoms with Crippen molar-refractivity contribution in [3.8, 4) is 11.3 Å². The van der Waals surface area contributed by atoms with Gasteiger partial charge < -0.3 is 24.9 Å². The first-order chi connectivity index (χ1) is 34.0. The van der Waals surface area contributed by atoms with Gasteiger partial charge in [-0.3, -0.25) is 49.1 Å². The van der Waals surface area contributed by atoms with Gasteiger partial charge in [-0.05, 0) is 98.0 Å². The Morgan fingerprint density at radius 2 is 1.53 bits per heavy atom. The van der Waals surface area contributed by atoms with Crippen molar-refractivity contribution in [3.63, 3.8) is 0 Å². The second-order valence-corrected chi connectivity index (χ2v) is 19.4. The van der Waals surface area contributed by atoms with Crippen LogP contribution in [0.3, 0.4) is 0 Å². The van der Waals surface area contributed by atoms with Gasteiger partial charge in [0.05, 0.1) is 28.3 Å². The molecule has 2 atom stereocenters. The molecule has 0 bridgehead atoms. The molecule has 0 aliphatic carbocycles. The number of carbonyl (C=O) groups excluding carboxylic acids is 5. The molecule has 0 saturated carbocycles. The van der Waals surface area contributed by atoms with Gasteiger partial charge in [-0.1, -0.05) is 5.10 Å². The Morgan fingerprint density at radius 1 is 0.800 bits per heavy atom. The van der Waals surface area contributed by atoms with Gasteiger partial charge in [-0.25, -0.2) is 9.67 Å². The van der Waals surface area contributed by atoms with Gasteiger partial charge in [-0.2, -0.15) is 5.10 Å². The molecule has 6 aliphatic heterocycles. The van der Waals surface area contributed by atoms with Gasteiger partial charge >= 0.3 is 0 Å². The van der Waals surface area contributed by atoms with Crippen molar-refractivity contribution in [2.24, 2.45) is 5.92 Å². The van der Waals surface area contributed by atoms with Crippen LogP contribution in [0.4, 0.5) is 23.1 Å². The number of carbonyl (C=O) groups is 5. The molecule has 11 rings (SSSR count). The number of benzene rings is 2. The molecule has 5 aromatic rings. The van der Waals surface area contributed by atoms with Crippen LogP contribution in [-0.2, 0) is 14.4 Å². The second-order valence-electron chi connectivity index (χ2n) is 19.4. The van der Waals surface area contributed by atoms with E-state index in [-0.39, 0.29) is 30.7 Å². The summed E-state index contributed by atoms with van der Waals surface area (Å²) in [5.74, 6) is -0.00631. The quantitative estimate of drug-likeness (QED) is 0.162. The highest BCUT2D eigenvalue weighted by atomic mass is 16.2. The lowest BCUT2D eigenvalue weighted by Crippen LogP contribution is -2.54. The molecular formula is C49H58N16O5. The van der Waals surface area contributed by atoms with Gasteiger partial charge in [0.2, 0.25) is 17.8 Å². The van der Waals surface area contributed by atoms with Crippen LogP contribution < -0.4 is 25.3 Å². The maximum Gasteiger partial charge on any atom is 0.262 e. The molecule has 5 amide bonds. The number of fused-ring (bicyclic) bond motifs is 3. The third kappa shape index (κ3) is 8.55. The van der Waals surface area contributed by atoms with Crippen LogP contribution in [0.25, 0.3) is 22.2 Å². The van der Waals surface area contributed by atoms with E-state index < -0.39 is 23.8 Å². The van der Waals surface area contributed by atoms with Gasteiger partial charge in [0.15, 0.2) is 0 Å². The number of pyridine rings is 1. The maximum absolute atomic E-state index is 13.7. The van der Waals surface area contributed by atoms with Crippen molar-refractivity contribution >= 4 is 63.6 Å². The summed E-state index contributed by atoms with van der Waals surface area (Å²) in [6.07, 6.45) is 4.21. The molecule has 4 saturated heterocycles. The van der Waals surface area contributed by atoms with E-state index in [1.165, 1.54) is 0 Å². The summed E-state index contributed by atoms with van der Waals surface area (Å²) in [6, 6.07) is 14.0. The summed E-state index contributed by atoms with van der Waals surface area (Å²) in [6.45, 7) is 16.8. The zero-order valence-corrected chi connectivity index (χ0v) is 39.8. The lowest BCUT2D eigenvalue weighted by molar-refractivity contribution is -0.136. The zero-order chi connectivity index (χ0) is 48.2. The Kier molecular flexibility index (Phi) is 12.1. The fourth-order valence-electron chi connectivity index (χ4n) is 11.1. The number of H-pyrrole nitrogens is 1. The second kappa shape index (κ2) is 18.7. The summed E-state index contributed by atoms with van der Waals surface area (Å²) >= 11 is 0. The summed E-state index contributed by atoms with van der Waals surface area (Å²) in [7, 11) is 1.85. The molecule has 1 unspecified atom stereocenters. The van der Waals surface area contributed by atoms with Crippen LogP contribution in [0.5, 0.6) is 0 Å². The number of piperazine rings is 2. The fraction of sp³-hybridized carbons (Fsp3) is 0.469. The largest absolute Gasteiger partial charge is 0.371 e. The first-order valence-electron chi connectivity index (χ1n) is 24.5. The fourth-order valence-corrected chi connectivity index (χ4v) is 11.1. The van der Waals surface area contributed by atoms with Gasteiger partial charge in [0, 0.05) is 133 Å². The lowest BCUT2D eigenvalue weighted by atomic mass is 9.95. The van der Waals surface area contributed by atoms with Crippen molar-refractivity contribution < 1.29 is 24.0 Å². The average Bonchev–Trinajstić information content (AvgIpc) is 4.10. The number of tetrazole rings is 1. The first-order valence-corrected chi connectivity index (χ1v) is 24.5. The predicted molar refractivity (Wildman–Crippen MR) is 261 cm³/mol. The molecule has 0 radical (unpaired) electrons. The van der Waals surface area contributed by atoms with E-state index in [9.17, 15) is 24.0 Å². The van der Waals surface area contributed by atoms with Crippen molar-refractivity contribution in [1.29, 1.82) is 0 Å². The van der Waals surface area contributed by atoms with E-state index in [4.69, 9.17) is 10.1 Å². The van der Waals surface area contributed by atoms with Crippen molar-refractivity contribution in [1.82, 2.24) is 60.3 Å². The smallest absolute Gasteiger partial charge is 0.262 e. The summed E-state index contributed by atoms with van der Waals surface area (Å²) in [5, 5.41) is 26.1. The van der Waals surface area contributed by atoms with E-state index >= 15 is 0 Å². The molecular weight excluding hydrogens is 893 g/mol. The van der Waals surface area contributed by atoms with Crippen LogP contribution in [0.1, 0.15) is 66.3 Å². The van der Waals surface area contributed by atoms with E-state index in [0.717, 1.165) is 142 Å². The Hall–Kier alpha value is -7.10. The topological polar surface area (TPSA) is 217 Å². The summed E-state index contributed by atoms with van der Waals surface area (Å²) in [5.41, 5.74) is 6.24. The number of rotatable bonds is 11. The number of allylic oxidation sites excluding steroid dienone is 1. The highest BCUT2D eigenvalue weighted by Crippen LogP contribution is 2.36. The zero-order valence-electron chi connectivity index (χ0n) is 39.8. The van der Waals surface area contributed by atoms with E-state index in [2.05, 4.69) is 61.8 Å². The first kappa shape index (κ1) is 45.3. The highest BCUT2D eigenvalue weighted by molar-refractivity contribution is 6.23. The highest BCUT2D eigenvalue weighted by Gasteiger charge is 2.45. The van der Waals surface area contributed by atoms with Crippen LogP contribution >= 0.6 is 0 Å². The van der Waals surface area contributed by atoms with Crippen LogP contribution in [0.2, 0.25) is 0 Å². The Balaban J connectivity index is 0.619. The number of nitrogens with zero attached hydrogens (tertiary/aromatic N) is 13. The predicted octanol–water partition coefficient (Wildman–Crippen LogP) is 2.59. The molecule has 9 heterocycles. The number of aromatic amines is 1. The Morgan fingerprint density at radius 3 is 2.29 bits per heavy atom. The third-order valence-corrected chi connectivity index (χ3v) is 15.4. The molecule has 2 aromatic carbocycles. The number of hydrogen-bond acceptors (Lipinski definition) is 16. The normalized spacial score (nSPS) is 22.0. The number of piperidine rings is 2. The standard InChI is InChI=1S/C49H58N16O5/c1-30-43(31(2)65-49(58(30)3)55-56-57-65)46(68)51-34-4-7-39-38(27-34)44(54-53-39)33-10-13-50-41(26-33)63-24-22-60(23-25-63)17-16-59-18-20-61(21-19-59)29-32-11-14-62(15-12-32)35-5-6-36-37(28-35)48(70)64(47(36)69)40-8-9-42(66)52-45(40)67/h4-7,10,13,26-28,31-32,40H,8-9,11-12,14-25,29H2,1-3H3,(H,51,68)(H,53,54)(H,52,66,67)/t31-,40?/m0/s1. The van der Waals surface area contributed by atoms with Gasteiger partial charge in [0.1, 0.15) is 17.6 Å². The number of imide groups is 2. The Labute approximate surface area is 404 Å². The van der Waals surface area contributed by atoms with Crippen LogP contribution in [-0.4, -0.2) is 183 Å². The van der Waals surface area contributed by atoms with E-state index in [1.807, 2.05) is 62.3 Å². The number of amides is 5. The van der Waals surface area contributed by atoms with Crippen molar-refractivity contribution in [2.45, 2.75) is 51.6 Å². The summed E-state index contributed by atoms with van der Waals surface area (Å²) < 4.78 is 1.65. The number of nitrogens with one attached hydrogen (secondary N) is 3. The third-order valence-electron chi connectivity index (χ3n) is 15.4. The van der Waals surface area contributed by atoms with Gasteiger partial charge in [-0.15, -0.1) is 0 Å². The average molecular weight is 951 g/mol. The minimum atomic E-state index is -0.963. The number of aromatic nitrogens is 7. The van der Waals surface area contributed by atoms with Gasteiger partial charge in [0.25, 0.3) is 17.7 Å². The molecule has 3 aromatic heterocycles. The van der Waals surface area contributed by atoms with E-state index in [1.54, 1.807) is 16.8 Å². The lowest BCUT2D eigenvalue weighted by Gasteiger charge is -2.40. The molecule has 4 fully saturated rings. The maximum atomic E-state index is 13.7. The van der Waals surface area contributed by atoms with E-state index in [0.29, 0.717) is 34.3 Å². The Bertz CT molecular complexity index is 2910.